The van der Waals surface area contributed by atoms with Crippen LogP contribution in [0.25, 0.3) is 0 Å². The first-order valence-corrected chi connectivity index (χ1v) is 13.1. The number of ether oxygens (including phenoxy) is 3. The zero-order valence-electron chi connectivity index (χ0n) is 20.0. The summed E-state index contributed by atoms with van der Waals surface area (Å²) in [5, 5.41) is 2.61. The van der Waals surface area contributed by atoms with Crippen molar-refractivity contribution < 1.29 is 54.0 Å². The van der Waals surface area contributed by atoms with E-state index in [-0.39, 0.29) is 37.5 Å². The predicted molar refractivity (Wildman–Crippen MR) is 123 cm³/mol. The van der Waals surface area contributed by atoms with Gasteiger partial charge in [0, 0.05) is 0 Å². The van der Waals surface area contributed by atoms with Crippen LogP contribution in [-0.2, 0) is 28.1 Å². The summed E-state index contributed by atoms with van der Waals surface area (Å²) in [6.07, 6.45) is 2.29. The number of carbonyl (C=O) groups excluding carboxylic acids is 1. The van der Waals surface area contributed by atoms with E-state index in [1.54, 1.807) is 30.3 Å². The van der Waals surface area contributed by atoms with E-state index in [0.29, 0.717) is 0 Å². The van der Waals surface area contributed by atoms with Crippen LogP contribution in [0.2, 0.25) is 0 Å². The highest BCUT2D eigenvalue weighted by molar-refractivity contribution is 7.52. The van der Waals surface area contributed by atoms with Crippen LogP contribution in [0.4, 0.5) is 10.2 Å². The normalized spacial score (nSPS) is 22.1. The molecule has 12 nitrogen and oxygen atoms in total. The van der Waals surface area contributed by atoms with E-state index in [9.17, 15) is 18.5 Å². The molecule has 0 amide bonds. The van der Waals surface area contributed by atoms with E-state index < -0.39 is 49.6 Å². The third kappa shape index (κ3) is 7.73. The van der Waals surface area contributed by atoms with E-state index in [2.05, 4.69) is 10.1 Å². The quantitative estimate of drug-likeness (QED) is 0.185. The van der Waals surface area contributed by atoms with Gasteiger partial charge < -0.3 is 36.9 Å². The van der Waals surface area contributed by atoms with E-state index in [1.807, 2.05) is 0 Å². The number of carbonyl (C=O) groups is 1. The van der Waals surface area contributed by atoms with Gasteiger partial charge in [-0.15, -0.1) is 0 Å². The SMILES string of the molecule is C[C@H](N[P@](=O)(OC[C@H]1OC[C@@H]([n+]2cc(F)c(N)[nH]c2=O)O1)Oc1ccccc1)C(=O)OC1CCCC1.[Cl-]. The molecule has 1 aliphatic carbocycles. The molecule has 2 aliphatic rings. The zero-order valence-corrected chi connectivity index (χ0v) is 21.7. The summed E-state index contributed by atoms with van der Waals surface area (Å²) in [4.78, 5) is 26.8. The smallest absolute Gasteiger partial charge is 0.499 e. The minimum atomic E-state index is -4.13. The third-order valence-electron chi connectivity index (χ3n) is 5.67. The van der Waals surface area contributed by atoms with Crippen molar-refractivity contribution in [3.8, 4) is 5.75 Å². The summed E-state index contributed by atoms with van der Waals surface area (Å²) >= 11 is 0. The second-order valence-electron chi connectivity index (χ2n) is 8.47. The van der Waals surface area contributed by atoms with Gasteiger partial charge in [0.25, 0.3) is 0 Å². The first-order chi connectivity index (χ1) is 17.2. The Balaban J connectivity index is 0.00000380. The van der Waals surface area contributed by atoms with Crippen LogP contribution in [-0.4, -0.2) is 42.6 Å². The molecule has 0 unspecified atom stereocenters. The zero-order chi connectivity index (χ0) is 25.7. The molecule has 2 heterocycles. The average molecular weight is 563 g/mol. The summed E-state index contributed by atoms with van der Waals surface area (Å²) in [6.45, 7) is 1.01. The van der Waals surface area contributed by atoms with Gasteiger partial charge in [-0.2, -0.15) is 23.8 Å². The Morgan fingerprint density at radius 2 is 2.03 bits per heavy atom. The van der Waals surface area contributed by atoms with Gasteiger partial charge in [-0.05, 0) is 44.7 Å². The lowest BCUT2D eigenvalue weighted by molar-refractivity contribution is -0.772. The number of nitrogens with two attached hydrogens (primary N) is 1. The van der Waals surface area contributed by atoms with Crippen molar-refractivity contribution in [2.24, 2.45) is 0 Å². The van der Waals surface area contributed by atoms with Crippen molar-refractivity contribution in [2.75, 3.05) is 18.9 Å². The van der Waals surface area contributed by atoms with E-state index in [4.69, 9.17) is 29.0 Å². The molecule has 0 spiro atoms. The van der Waals surface area contributed by atoms with Crippen LogP contribution in [0.3, 0.4) is 0 Å². The average Bonchev–Trinajstić information content (AvgIpc) is 3.53. The molecule has 4 atom stereocenters. The second-order valence-corrected chi connectivity index (χ2v) is 10.2. The van der Waals surface area contributed by atoms with Crippen LogP contribution in [0.15, 0.2) is 41.3 Å². The van der Waals surface area contributed by atoms with Gasteiger partial charge in [0.2, 0.25) is 17.9 Å². The number of aromatic amines is 1. The number of aromatic nitrogens is 2. The maximum atomic E-state index is 13.8. The molecular weight excluding hydrogens is 534 g/mol. The Bertz CT molecular complexity index is 1170. The van der Waals surface area contributed by atoms with Crippen LogP contribution in [0.5, 0.6) is 5.75 Å². The topological polar surface area (TPSA) is 155 Å². The van der Waals surface area contributed by atoms with Gasteiger partial charge in [0.1, 0.15) is 37.3 Å². The lowest BCUT2D eigenvalue weighted by atomic mass is 10.3. The van der Waals surface area contributed by atoms with Gasteiger partial charge in [0.15, 0.2) is 6.29 Å². The maximum Gasteiger partial charge on any atom is 0.499 e. The number of halogens is 2. The Labute approximate surface area is 218 Å². The van der Waals surface area contributed by atoms with Crippen molar-refractivity contribution in [1.82, 2.24) is 10.1 Å². The molecule has 1 aromatic carbocycles. The molecule has 204 valence electrons. The molecule has 4 rings (SSSR count). The molecule has 0 bridgehead atoms. The summed E-state index contributed by atoms with van der Waals surface area (Å²) in [6, 6.07) is 7.29. The molecule has 1 aromatic heterocycles. The van der Waals surface area contributed by atoms with E-state index in [1.165, 1.54) is 6.92 Å². The Hall–Kier alpha value is -2.54. The Kier molecular flexibility index (Phi) is 10.0. The minimum absolute atomic E-state index is 0. The summed E-state index contributed by atoms with van der Waals surface area (Å²) < 4.78 is 56.0. The van der Waals surface area contributed by atoms with Crippen LogP contribution >= 0.6 is 7.75 Å². The maximum absolute atomic E-state index is 13.8. The summed E-state index contributed by atoms with van der Waals surface area (Å²) in [7, 11) is -4.13. The molecule has 2 aromatic rings. The first-order valence-electron chi connectivity index (χ1n) is 11.6. The molecule has 4 N–H and O–H groups in total. The Morgan fingerprint density at radius 1 is 1.32 bits per heavy atom. The van der Waals surface area contributed by atoms with E-state index in [0.717, 1.165) is 36.4 Å². The number of hydrogen-bond donors (Lipinski definition) is 3. The van der Waals surface area contributed by atoms with Gasteiger partial charge in [0.05, 0.1) is 0 Å². The van der Waals surface area contributed by atoms with Crippen LogP contribution in [0.1, 0.15) is 38.8 Å². The van der Waals surface area contributed by atoms with Gasteiger partial charge in [-0.1, -0.05) is 18.2 Å². The fourth-order valence-corrected chi connectivity index (χ4v) is 5.29. The van der Waals surface area contributed by atoms with Crippen LogP contribution < -0.4 is 38.0 Å². The number of nitrogens with one attached hydrogen (secondary N) is 2. The number of anilines is 1. The molecule has 1 saturated heterocycles. The molecule has 37 heavy (non-hydrogen) atoms. The predicted octanol–water partition coefficient (Wildman–Crippen LogP) is -1.07. The van der Waals surface area contributed by atoms with Crippen LogP contribution in [0, 0.1) is 5.82 Å². The Morgan fingerprint density at radius 3 is 2.73 bits per heavy atom. The molecular formula is C22H29ClFN4O8P. The van der Waals surface area contributed by atoms with Crippen molar-refractivity contribution in [3.05, 3.63) is 52.8 Å². The molecule has 2 fully saturated rings. The highest BCUT2D eigenvalue weighted by Crippen LogP contribution is 2.45. The molecule has 1 aliphatic heterocycles. The lowest BCUT2D eigenvalue weighted by Crippen LogP contribution is -3.00. The number of rotatable bonds is 10. The summed E-state index contributed by atoms with van der Waals surface area (Å²) in [5.74, 6) is -1.56. The van der Waals surface area contributed by atoms with Crippen molar-refractivity contribution in [1.29, 1.82) is 0 Å². The first kappa shape index (κ1) is 29.0. The fraction of sp³-hybridized carbons (Fsp3) is 0.500. The standard InChI is InChI=1S/C22H28FN4O8P.ClH/c1-14(21(28)33-15-7-5-6-8-15)26-36(30,35-16-9-3-2-4-10-16)32-13-19-31-12-18(34-19)27-11-17(23)20(24)25-22(27)29;/h2-4,9-11,14-15,18-19H,5-8,12-13H2,1H3,(H3,24,25,26,29,30);1H/t14-,18-,19-,36-;/m0./s1. The number of esters is 1. The van der Waals surface area contributed by atoms with Gasteiger partial charge >= 0.3 is 19.4 Å². The molecule has 15 heteroatoms. The monoisotopic (exact) mass is 562 g/mol. The largest absolute Gasteiger partial charge is 1.00 e. The number of nitrogen functional groups attached to an aromatic ring is 1. The minimum Gasteiger partial charge on any atom is -1.00 e. The molecule has 1 saturated carbocycles. The molecule has 0 radical (unpaired) electrons. The van der Waals surface area contributed by atoms with E-state index >= 15 is 0 Å². The number of nitrogens with zero attached hydrogens (tertiary/aromatic N) is 1. The highest BCUT2D eigenvalue weighted by Gasteiger charge is 2.38. The number of hydrogen-bond acceptors (Lipinski definition) is 9. The van der Waals surface area contributed by atoms with Gasteiger partial charge in [-0.25, -0.2) is 4.57 Å². The van der Waals surface area contributed by atoms with Crippen molar-refractivity contribution in [2.45, 2.75) is 57.3 Å². The van der Waals surface area contributed by atoms with Gasteiger partial charge in [-0.3, -0.25) is 9.32 Å². The second kappa shape index (κ2) is 12.8. The number of H-pyrrole nitrogens is 1. The third-order valence-corrected chi connectivity index (χ3v) is 7.31. The lowest BCUT2D eigenvalue weighted by Gasteiger charge is -2.24. The number of para-hydroxylation sites is 1. The number of benzene rings is 1. The van der Waals surface area contributed by atoms with Crippen molar-refractivity contribution >= 4 is 19.5 Å². The summed E-state index contributed by atoms with van der Waals surface area (Å²) in [5.41, 5.74) is 4.66. The highest BCUT2D eigenvalue weighted by atomic mass is 35.5. The van der Waals surface area contributed by atoms with Crippen molar-refractivity contribution in [3.63, 3.8) is 0 Å². The fourth-order valence-electron chi connectivity index (χ4n) is 3.81.